The molecule has 178 valence electrons. The lowest BCUT2D eigenvalue weighted by atomic mass is 9.74. The van der Waals surface area contributed by atoms with Gasteiger partial charge in [0.2, 0.25) is 11.8 Å². The third-order valence-electron chi connectivity index (χ3n) is 8.55. The van der Waals surface area contributed by atoms with Crippen molar-refractivity contribution in [2.24, 2.45) is 0 Å². The highest BCUT2D eigenvalue weighted by Gasteiger charge is 2.41. The van der Waals surface area contributed by atoms with Crippen LogP contribution < -0.4 is 5.32 Å². The minimum Gasteiger partial charge on any atom is -0.350 e. The molecule has 4 nitrogen and oxygen atoms in total. The molecule has 0 saturated carbocycles. The number of amides is 2. The van der Waals surface area contributed by atoms with Crippen LogP contribution in [0, 0.1) is 0 Å². The molecule has 1 aliphatic carbocycles. The summed E-state index contributed by atoms with van der Waals surface area (Å²) in [4.78, 5) is 27.6. The van der Waals surface area contributed by atoms with Gasteiger partial charge in [-0.25, -0.2) is 0 Å². The van der Waals surface area contributed by atoms with E-state index in [1.165, 1.54) is 27.5 Å². The lowest BCUT2D eigenvalue weighted by Crippen LogP contribution is -2.47. The molecule has 3 aliphatic rings. The van der Waals surface area contributed by atoms with Crippen molar-refractivity contribution in [3.8, 4) is 0 Å². The predicted octanol–water partition coefficient (Wildman–Crippen LogP) is 5.40. The van der Waals surface area contributed by atoms with Gasteiger partial charge in [-0.1, -0.05) is 78.9 Å². The molecule has 0 aromatic heterocycles. The quantitative estimate of drug-likeness (QED) is 0.550. The molecule has 3 aromatic rings. The predicted molar refractivity (Wildman–Crippen MR) is 140 cm³/mol. The van der Waals surface area contributed by atoms with Gasteiger partial charge in [0.1, 0.15) is 0 Å². The molecule has 4 heteroatoms. The highest BCUT2D eigenvalue weighted by atomic mass is 16.2. The molecule has 6 rings (SSSR count). The first kappa shape index (κ1) is 22.1. The van der Waals surface area contributed by atoms with Crippen LogP contribution in [-0.2, 0) is 21.4 Å². The zero-order chi connectivity index (χ0) is 23.9. The molecule has 0 bridgehead atoms. The van der Waals surface area contributed by atoms with Crippen molar-refractivity contribution in [3.63, 3.8) is 0 Å². The highest BCUT2D eigenvalue weighted by Crippen LogP contribution is 2.43. The molecule has 1 unspecified atom stereocenters. The van der Waals surface area contributed by atoms with Gasteiger partial charge in [-0.15, -0.1) is 0 Å². The van der Waals surface area contributed by atoms with Gasteiger partial charge < -0.3 is 10.2 Å². The van der Waals surface area contributed by atoms with Gasteiger partial charge in [0, 0.05) is 36.9 Å². The van der Waals surface area contributed by atoms with Crippen molar-refractivity contribution in [3.05, 3.63) is 89.5 Å². The Morgan fingerprint density at radius 1 is 0.914 bits per heavy atom. The van der Waals surface area contributed by atoms with Gasteiger partial charge in [0.25, 0.3) is 0 Å². The Morgan fingerprint density at radius 2 is 1.69 bits per heavy atom. The molecule has 35 heavy (non-hydrogen) atoms. The number of allylic oxidation sites excluding steroid dienone is 1. The average molecular weight is 465 g/mol. The molecule has 2 aliphatic heterocycles. The lowest BCUT2D eigenvalue weighted by molar-refractivity contribution is -0.133. The topological polar surface area (TPSA) is 49.4 Å². The second-order valence-electron chi connectivity index (χ2n) is 10.6. The van der Waals surface area contributed by atoms with Crippen molar-refractivity contribution in [1.29, 1.82) is 0 Å². The van der Waals surface area contributed by atoms with Crippen LogP contribution in [0.25, 0.3) is 16.8 Å². The summed E-state index contributed by atoms with van der Waals surface area (Å²) in [6.07, 6.45) is 9.80. The molecule has 2 fully saturated rings. The summed E-state index contributed by atoms with van der Waals surface area (Å²) in [6, 6.07) is 23.4. The maximum absolute atomic E-state index is 13.3. The molecule has 1 N–H and O–H groups in total. The van der Waals surface area contributed by atoms with Crippen molar-refractivity contribution in [2.75, 3.05) is 13.1 Å². The van der Waals surface area contributed by atoms with E-state index >= 15 is 0 Å². The zero-order valence-electron chi connectivity index (χ0n) is 20.1. The first-order chi connectivity index (χ1) is 17.1. The fourth-order valence-corrected chi connectivity index (χ4v) is 6.52. The number of hydrogen-bond acceptors (Lipinski definition) is 2. The van der Waals surface area contributed by atoms with Crippen LogP contribution in [0.3, 0.4) is 0 Å². The van der Waals surface area contributed by atoms with Crippen molar-refractivity contribution in [2.45, 2.75) is 55.9 Å². The largest absolute Gasteiger partial charge is 0.350 e. The first-order valence-electron chi connectivity index (χ1n) is 12.9. The van der Waals surface area contributed by atoms with Crippen LogP contribution in [-0.4, -0.2) is 35.3 Å². The van der Waals surface area contributed by atoms with E-state index in [2.05, 4.69) is 84.2 Å². The van der Waals surface area contributed by atoms with E-state index in [0.29, 0.717) is 19.3 Å². The summed E-state index contributed by atoms with van der Waals surface area (Å²) in [6.45, 7) is 1.58. The van der Waals surface area contributed by atoms with E-state index in [1.54, 1.807) is 0 Å². The standard InChI is InChI=1S/C31H32N2O2/c34-28-13-16-31(32-28,22-25-9-5-8-23-6-1-3-10-26(23)25)17-14-29(35)33-20-18-30(19-21-33)15-12-24-7-2-4-11-27(24)30/h1-12,15H,13-14,16-22H2,(H,32,34). The molecule has 0 radical (unpaired) electrons. The molecule has 2 heterocycles. The van der Waals surface area contributed by atoms with Gasteiger partial charge in [0.05, 0.1) is 0 Å². The fraction of sp³-hybridized carbons (Fsp3) is 0.355. The van der Waals surface area contributed by atoms with Crippen LogP contribution in [0.1, 0.15) is 55.2 Å². The smallest absolute Gasteiger partial charge is 0.222 e. The first-order valence-corrected chi connectivity index (χ1v) is 12.9. The minimum atomic E-state index is -0.346. The molecule has 2 saturated heterocycles. The van der Waals surface area contributed by atoms with Crippen LogP contribution in [0.5, 0.6) is 0 Å². The van der Waals surface area contributed by atoms with Gasteiger partial charge in [0.15, 0.2) is 0 Å². The zero-order valence-corrected chi connectivity index (χ0v) is 20.1. The van der Waals surface area contributed by atoms with E-state index in [9.17, 15) is 9.59 Å². The molecular formula is C31H32N2O2. The highest BCUT2D eigenvalue weighted by molar-refractivity contribution is 5.86. The normalized spacial score (nSPS) is 22.5. The van der Waals surface area contributed by atoms with E-state index in [-0.39, 0.29) is 22.8 Å². The summed E-state index contributed by atoms with van der Waals surface area (Å²) in [5, 5.41) is 5.71. The van der Waals surface area contributed by atoms with E-state index < -0.39 is 0 Å². The Morgan fingerprint density at radius 3 is 2.51 bits per heavy atom. The average Bonchev–Trinajstić information content (AvgIpc) is 3.44. The maximum Gasteiger partial charge on any atom is 0.222 e. The number of piperidine rings is 1. The monoisotopic (exact) mass is 464 g/mol. The summed E-state index contributed by atoms with van der Waals surface area (Å²) in [5.74, 6) is 0.317. The number of nitrogens with one attached hydrogen (secondary N) is 1. The van der Waals surface area contributed by atoms with E-state index in [4.69, 9.17) is 0 Å². The van der Waals surface area contributed by atoms with Crippen LogP contribution >= 0.6 is 0 Å². The number of carbonyl (C=O) groups is 2. The number of fused-ring (bicyclic) bond motifs is 3. The molecule has 3 aromatic carbocycles. The number of carbonyl (C=O) groups excluding carboxylic acids is 2. The second kappa shape index (κ2) is 8.67. The number of nitrogens with zero attached hydrogens (tertiary/aromatic N) is 1. The molecule has 1 spiro atoms. The summed E-state index contributed by atoms with van der Waals surface area (Å²) >= 11 is 0. The van der Waals surface area contributed by atoms with Crippen molar-refractivity contribution < 1.29 is 9.59 Å². The Balaban J connectivity index is 1.13. The molecule has 1 atom stereocenters. The molecular weight excluding hydrogens is 432 g/mol. The lowest BCUT2D eigenvalue weighted by Gasteiger charge is -2.40. The molecule has 2 amide bonds. The summed E-state index contributed by atoms with van der Waals surface area (Å²) < 4.78 is 0. The van der Waals surface area contributed by atoms with Crippen LogP contribution in [0.15, 0.2) is 72.8 Å². The van der Waals surface area contributed by atoms with Gasteiger partial charge in [-0.3, -0.25) is 9.59 Å². The SMILES string of the molecule is O=C1CCC(CCC(=O)N2CCC3(C=Cc4ccccc43)CC2)(Cc2cccc3ccccc23)N1. The van der Waals surface area contributed by atoms with Crippen molar-refractivity contribution >= 4 is 28.7 Å². The fourth-order valence-electron chi connectivity index (χ4n) is 6.52. The Labute approximate surface area is 207 Å². The number of benzene rings is 3. The van der Waals surface area contributed by atoms with E-state index in [1.807, 2.05) is 4.90 Å². The third-order valence-corrected chi connectivity index (χ3v) is 8.55. The second-order valence-corrected chi connectivity index (χ2v) is 10.6. The summed E-state index contributed by atoms with van der Waals surface area (Å²) in [5.41, 5.74) is 3.71. The number of likely N-dealkylation sites (tertiary alicyclic amines) is 1. The summed E-state index contributed by atoms with van der Waals surface area (Å²) in [7, 11) is 0. The Hall–Kier alpha value is -3.40. The Bertz CT molecular complexity index is 1310. The minimum absolute atomic E-state index is 0.0857. The maximum atomic E-state index is 13.3. The number of rotatable bonds is 5. The van der Waals surface area contributed by atoms with Crippen LogP contribution in [0.4, 0.5) is 0 Å². The van der Waals surface area contributed by atoms with Crippen LogP contribution in [0.2, 0.25) is 0 Å². The Kier molecular flexibility index (Phi) is 5.47. The van der Waals surface area contributed by atoms with Gasteiger partial charge in [-0.2, -0.15) is 0 Å². The third kappa shape index (κ3) is 4.05. The van der Waals surface area contributed by atoms with E-state index in [0.717, 1.165) is 38.8 Å². The van der Waals surface area contributed by atoms with Gasteiger partial charge in [-0.05, 0) is 59.6 Å². The number of hydrogen-bond donors (Lipinski definition) is 1. The van der Waals surface area contributed by atoms with Gasteiger partial charge >= 0.3 is 0 Å². The van der Waals surface area contributed by atoms with Crippen molar-refractivity contribution in [1.82, 2.24) is 10.2 Å².